The van der Waals surface area contributed by atoms with E-state index in [-0.39, 0.29) is 0 Å². The van der Waals surface area contributed by atoms with Crippen molar-refractivity contribution >= 4 is 23.5 Å². The molecule has 27 heavy (non-hydrogen) atoms. The third-order valence-corrected chi connectivity index (χ3v) is 4.42. The fraction of sp³-hybridized carbons (Fsp3) is 0.182. The number of likely N-dealkylation sites (N-methyl/N-ethyl adjacent to an activating group) is 1. The molecule has 1 aromatic heterocycles. The van der Waals surface area contributed by atoms with Crippen LogP contribution in [-0.4, -0.2) is 43.4 Å². The Morgan fingerprint density at radius 3 is 2.33 bits per heavy atom. The number of para-hydroxylation sites is 1. The first kappa shape index (κ1) is 18.6. The van der Waals surface area contributed by atoms with Crippen molar-refractivity contribution in [2.45, 2.75) is 0 Å². The van der Waals surface area contributed by atoms with Gasteiger partial charge in [0.15, 0.2) is 12.1 Å². The summed E-state index contributed by atoms with van der Waals surface area (Å²) in [6.07, 6.45) is 2.64. The average Bonchev–Trinajstić information content (AvgIpc) is 2.69. The topological polar surface area (TPSA) is 62.5 Å². The summed E-state index contributed by atoms with van der Waals surface area (Å²) in [6, 6.07) is 19.3. The third kappa shape index (κ3) is 4.15. The van der Waals surface area contributed by atoms with E-state index in [9.17, 15) is 4.79 Å². The molecule has 0 saturated heterocycles. The van der Waals surface area contributed by atoms with Crippen molar-refractivity contribution in [3.63, 3.8) is 0 Å². The van der Waals surface area contributed by atoms with Crippen LogP contribution in [0.5, 0.6) is 0 Å². The molecule has 0 atom stereocenters. The van der Waals surface area contributed by atoms with Crippen molar-refractivity contribution in [2.24, 2.45) is 0 Å². The summed E-state index contributed by atoms with van der Waals surface area (Å²) < 4.78 is 0. The molecule has 1 heterocycles. The largest absolute Gasteiger partial charge is 0.396 e. The van der Waals surface area contributed by atoms with Gasteiger partial charge in [0.05, 0.1) is 11.4 Å². The number of carbonyl (C=O) groups is 1. The monoisotopic (exact) mass is 360 g/mol. The van der Waals surface area contributed by atoms with Gasteiger partial charge in [0.1, 0.15) is 0 Å². The Balaban J connectivity index is 2.16. The van der Waals surface area contributed by atoms with Crippen LogP contribution < -0.4 is 10.6 Å². The van der Waals surface area contributed by atoms with Crippen molar-refractivity contribution in [3.8, 4) is 11.1 Å². The Morgan fingerprint density at radius 2 is 1.63 bits per heavy atom. The van der Waals surface area contributed by atoms with Crippen LogP contribution in [0.2, 0.25) is 0 Å². The number of pyridine rings is 1. The Bertz CT molecular complexity index is 923. The molecule has 0 aliphatic carbocycles. The van der Waals surface area contributed by atoms with Crippen molar-refractivity contribution < 1.29 is 4.79 Å². The van der Waals surface area contributed by atoms with Gasteiger partial charge >= 0.3 is 0 Å². The quantitative estimate of drug-likeness (QED) is 0.649. The van der Waals surface area contributed by atoms with Gasteiger partial charge in [0.25, 0.3) is 0 Å². The maximum absolute atomic E-state index is 11.6. The van der Waals surface area contributed by atoms with Gasteiger partial charge in [-0.1, -0.05) is 42.5 Å². The minimum Gasteiger partial charge on any atom is -0.396 e. The lowest BCUT2D eigenvalue weighted by Crippen LogP contribution is -2.29. The van der Waals surface area contributed by atoms with Gasteiger partial charge < -0.3 is 15.5 Å². The van der Waals surface area contributed by atoms with E-state index >= 15 is 0 Å². The van der Waals surface area contributed by atoms with Crippen molar-refractivity contribution in [1.29, 1.82) is 0 Å². The van der Waals surface area contributed by atoms with Crippen LogP contribution in [0.15, 0.2) is 66.9 Å². The number of nitrogens with two attached hydrogens (primary N) is 1. The molecule has 5 nitrogen and oxygen atoms in total. The van der Waals surface area contributed by atoms with E-state index in [4.69, 9.17) is 5.73 Å². The maximum atomic E-state index is 11.6. The average molecular weight is 360 g/mol. The van der Waals surface area contributed by atoms with Crippen LogP contribution in [0.25, 0.3) is 11.1 Å². The van der Waals surface area contributed by atoms with E-state index in [1.54, 1.807) is 6.20 Å². The van der Waals surface area contributed by atoms with Gasteiger partial charge in [-0.25, -0.2) is 4.98 Å². The SMILES string of the molecule is CN(C)CCN(c1ccccc1-c1ccccc1C=O)c1ncccc1N. The molecule has 5 heteroatoms. The fourth-order valence-electron chi connectivity index (χ4n) is 3.06. The number of nitrogens with zero attached hydrogens (tertiary/aromatic N) is 3. The highest BCUT2D eigenvalue weighted by Gasteiger charge is 2.18. The molecule has 0 amide bonds. The molecule has 0 unspecified atom stereocenters. The number of carbonyl (C=O) groups excluding carboxylic acids is 1. The van der Waals surface area contributed by atoms with E-state index < -0.39 is 0 Å². The van der Waals surface area contributed by atoms with Crippen molar-refractivity contribution in [2.75, 3.05) is 37.8 Å². The predicted molar refractivity (Wildman–Crippen MR) is 111 cm³/mol. The molecule has 2 aromatic carbocycles. The van der Waals surface area contributed by atoms with Crippen molar-refractivity contribution in [1.82, 2.24) is 9.88 Å². The van der Waals surface area contributed by atoms with Crippen LogP contribution in [0.3, 0.4) is 0 Å². The highest BCUT2D eigenvalue weighted by molar-refractivity contribution is 5.93. The Labute approximate surface area is 160 Å². The zero-order valence-corrected chi connectivity index (χ0v) is 15.7. The van der Waals surface area contributed by atoms with E-state index in [0.717, 1.165) is 35.5 Å². The second-order valence-electron chi connectivity index (χ2n) is 6.59. The highest BCUT2D eigenvalue weighted by atomic mass is 16.1. The zero-order valence-electron chi connectivity index (χ0n) is 15.7. The maximum Gasteiger partial charge on any atom is 0.156 e. The Hall–Kier alpha value is -3.18. The molecular weight excluding hydrogens is 336 g/mol. The van der Waals surface area contributed by atoms with Crippen molar-refractivity contribution in [3.05, 3.63) is 72.4 Å². The van der Waals surface area contributed by atoms with Crippen LogP contribution in [0, 0.1) is 0 Å². The van der Waals surface area contributed by atoms with Crippen LogP contribution in [0.1, 0.15) is 10.4 Å². The standard InChI is InChI=1S/C22H24N4O/c1-25(2)14-15-26(22-20(23)11-7-13-24-22)21-12-6-5-10-19(21)18-9-4-3-8-17(18)16-27/h3-13,16H,14-15,23H2,1-2H3. The highest BCUT2D eigenvalue weighted by Crippen LogP contribution is 2.37. The number of hydrogen-bond acceptors (Lipinski definition) is 5. The number of aromatic nitrogens is 1. The summed E-state index contributed by atoms with van der Waals surface area (Å²) in [6.45, 7) is 1.55. The second-order valence-corrected chi connectivity index (χ2v) is 6.59. The van der Waals surface area contributed by atoms with Gasteiger partial charge in [-0.05, 0) is 37.9 Å². The molecule has 0 aliphatic heterocycles. The third-order valence-electron chi connectivity index (χ3n) is 4.42. The molecule has 138 valence electrons. The summed E-state index contributed by atoms with van der Waals surface area (Å²) in [5.74, 6) is 0.718. The smallest absolute Gasteiger partial charge is 0.156 e. The minimum absolute atomic E-state index is 0.620. The lowest BCUT2D eigenvalue weighted by Gasteiger charge is -2.28. The normalized spacial score (nSPS) is 10.8. The lowest BCUT2D eigenvalue weighted by atomic mass is 9.98. The molecule has 3 rings (SSSR count). The lowest BCUT2D eigenvalue weighted by molar-refractivity contribution is 0.112. The number of benzene rings is 2. The molecule has 0 aliphatic rings. The summed E-state index contributed by atoms with van der Waals surface area (Å²) in [5.41, 5.74) is 10.4. The van der Waals surface area contributed by atoms with Gasteiger partial charge in [-0.2, -0.15) is 0 Å². The van der Waals surface area contributed by atoms with E-state index in [0.29, 0.717) is 17.8 Å². The van der Waals surface area contributed by atoms with Gasteiger partial charge in [0.2, 0.25) is 0 Å². The van der Waals surface area contributed by atoms with E-state index in [1.165, 1.54) is 0 Å². The Kier molecular flexibility index (Phi) is 5.84. The molecule has 0 bridgehead atoms. The van der Waals surface area contributed by atoms with Crippen LogP contribution in [-0.2, 0) is 0 Å². The molecule has 0 radical (unpaired) electrons. The van der Waals surface area contributed by atoms with Gasteiger partial charge in [-0.15, -0.1) is 0 Å². The van der Waals surface area contributed by atoms with E-state index in [1.807, 2.05) is 74.8 Å². The van der Waals surface area contributed by atoms with Gasteiger partial charge in [-0.3, -0.25) is 4.79 Å². The first-order valence-electron chi connectivity index (χ1n) is 8.88. The zero-order chi connectivity index (χ0) is 19.2. The fourth-order valence-corrected chi connectivity index (χ4v) is 3.06. The first-order chi connectivity index (χ1) is 13.1. The Morgan fingerprint density at radius 1 is 0.926 bits per heavy atom. The summed E-state index contributed by atoms with van der Waals surface area (Å²) >= 11 is 0. The molecule has 3 aromatic rings. The predicted octanol–water partition coefficient (Wildman–Crippen LogP) is 3.84. The van der Waals surface area contributed by atoms with Crippen LogP contribution in [0.4, 0.5) is 17.2 Å². The summed E-state index contributed by atoms with van der Waals surface area (Å²) in [5, 5.41) is 0. The first-order valence-corrected chi connectivity index (χ1v) is 8.88. The van der Waals surface area contributed by atoms with E-state index in [2.05, 4.69) is 14.8 Å². The number of rotatable bonds is 7. The number of nitrogen functional groups attached to an aromatic ring is 1. The number of anilines is 3. The summed E-state index contributed by atoms with van der Waals surface area (Å²) in [7, 11) is 4.07. The molecular formula is C22H24N4O. The van der Waals surface area contributed by atoms with Gasteiger partial charge in [0, 0.05) is 30.4 Å². The van der Waals surface area contributed by atoms with Crippen LogP contribution >= 0.6 is 0 Å². The second kappa shape index (κ2) is 8.47. The molecule has 0 fully saturated rings. The minimum atomic E-state index is 0.620. The number of hydrogen-bond donors (Lipinski definition) is 1. The number of aldehydes is 1. The summed E-state index contributed by atoms with van der Waals surface area (Å²) in [4.78, 5) is 20.3. The molecule has 0 spiro atoms. The molecule has 2 N–H and O–H groups in total. The molecule has 0 saturated carbocycles.